The van der Waals surface area contributed by atoms with Gasteiger partial charge in [-0.2, -0.15) is 0 Å². The fourth-order valence-electron chi connectivity index (χ4n) is 4.47. The molecule has 1 atom stereocenters. The van der Waals surface area contributed by atoms with Crippen LogP contribution in [-0.2, 0) is 0 Å². The number of carbonyl (C=O) groups is 1. The van der Waals surface area contributed by atoms with Gasteiger partial charge in [-0.05, 0) is 61.8 Å². The number of benzene rings is 2. The number of ether oxygens (including phenoxy) is 1. The number of aryl methyl sites for hydroxylation is 1. The van der Waals surface area contributed by atoms with Crippen LogP contribution >= 0.6 is 11.6 Å². The third-order valence-electron chi connectivity index (χ3n) is 6.47. The summed E-state index contributed by atoms with van der Waals surface area (Å²) in [5, 5.41) is 0.886. The molecule has 2 aromatic carbocycles. The van der Waals surface area contributed by atoms with Gasteiger partial charge < -0.3 is 19.0 Å². The Bertz CT molecular complexity index is 1250. The summed E-state index contributed by atoms with van der Waals surface area (Å²) in [6.07, 6.45) is 0.918. The van der Waals surface area contributed by atoms with Gasteiger partial charge in [0.15, 0.2) is 5.43 Å². The summed E-state index contributed by atoms with van der Waals surface area (Å²) < 4.78 is 11.8. The fourth-order valence-corrected chi connectivity index (χ4v) is 4.64. The van der Waals surface area contributed by atoms with E-state index in [0.29, 0.717) is 41.3 Å². The second-order valence-electron chi connectivity index (χ2n) is 8.62. The monoisotopic (exact) mass is 482 g/mol. The van der Waals surface area contributed by atoms with E-state index < -0.39 is 6.04 Å². The molecule has 1 aliphatic rings. The summed E-state index contributed by atoms with van der Waals surface area (Å²) in [5.74, 6) is 0.623. The summed E-state index contributed by atoms with van der Waals surface area (Å²) >= 11 is 6.32. The Morgan fingerprint density at radius 3 is 2.44 bits per heavy atom. The molecule has 1 aliphatic heterocycles. The smallest absolute Gasteiger partial charge is 0.290 e. The van der Waals surface area contributed by atoms with E-state index in [-0.39, 0.29) is 17.1 Å². The first-order chi connectivity index (χ1) is 16.4. The molecule has 0 spiro atoms. The molecule has 2 heterocycles. The summed E-state index contributed by atoms with van der Waals surface area (Å²) in [6.45, 7) is 11.7. The van der Waals surface area contributed by atoms with Gasteiger partial charge in [-0.3, -0.25) is 9.59 Å². The maximum absolute atomic E-state index is 13.7. The van der Waals surface area contributed by atoms with Crippen LogP contribution in [0.1, 0.15) is 60.5 Å². The molecule has 0 bridgehead atoms. The molecule has 4 rings (SSSR count). The Morgan fingerprint density at radius 2 is 1.79 bits per heavy atom. The number of carbonyl (C=O) groups excluding carboxylic acids is 1. The molecular formula is C27H31ClN2O4. The van der Waals surface area contributed by atoms with Crippen LogP contribution in [0.5, 0.6) is 5.75 Å². The largest absolute Gasteiger partial charge is 0.494 e. The second-order valence-corrected chi connectivity index (χ2v) is 9.02. The SMILES string of the molecule is CCCOc1ccc(C2c3c(oc4cc(C)c(Cl)cc4c3=O)C(=O)N2CCN(CC)CC)cc1. The highest BCUT2D eigenvalue weighted by Crippen LogP contribution is 2.39. The minimum absolute atomic E-state index is 0.120. The molecule has 6 nitrogen and oxygen atoms in total. The molecule has 3 aromatic rings. The molecule has 1 unspecified atom stereocenters. The van der Waals surface area contributed by atoms with E-state index in [1.54, 1.807) is 17.0 Å². The van der Waals surface area contributed by atoms with E-state index in [0.717, 1.165) is 36.4 Å². The predicted molar refractivity (Wildman–Crippen MR) is 135 cm³/mol. The molecule has 0 saturated heterocycles. The summed E-state index contributed by atoms with van der Waals surface area (Å²) in [7, 11) is 0. The molecule has 1 aromatic heterocycles. The summed E-state index contributed by atoms with van der Waals surface area (Å²) in [5.41, 5.74) is 2.18. The van der Waals surface area contributed by atoms with Crippen molar-refractivity contribution in [3.63, 3.8) is 0 Å². The van der Waals surface area contributed by atoms with Gasteiger partial charge in [0, 0.05) is 18.1 Å². The molecule has 0 aliphatic carbocycles. The maximum atomic E-state index is 13.7. The van der Waals surface area contributed by atoms with Crippen LogP contribution in [0.2, 0.25) is 5.02 Å². The van der Waals surface area contributed by atoms with Crippen LogP contribution in [0.15, 0.2) is 45.6 Å². The Labute approximate surface area is 205 Å². The lowest BCUT2D eigenvalue weighted by atomic mass is 9.98. The molecule has 0 fully saturated rings. The van der Waals surface area contributed by atoms with Gasteiger partial charge in [0.1, 0.15) is 11.3 Å². The molecule has 0 saturated carbocycles. The molecule has 0 radical (unpaired) electrons. The molecule has 180 valence electrons. The van der Waals surface area contributed by atoms with Crippen molar-refractivity contribution < 1.29 is 13.9 Å². The number of halogens is 1. The Morgan fingerprint density at radius 1 is 1.09 bits per heavy atom. The predicted octanol–water partition coefficient (Wildman–Crippen LogP) is 5.43. The highest BCUT2D eigenvalue weighted by molar-refractivity contribution is 6.32. The number of hydrogen-bond acceptors (Lipinski definition) is 5. The fraction of sp³-hybridized carbons (Fsp3) is 0.407. The summed E-state index contributed by atoms with van der Waals surface area (Å²) in [4.78, 5) is 31.2. The van der Waals surface area contributed by atoms with Crippen molar-refractivity contribution in [1.82, 2.24) is 9.80 Å². The van der Waals surface area contributed by atoms with Crippen molar-refractivity contribution in [3.8, 4) is 5.75 Å². The Balaban J connectivity index is 1.83. The maximum Gasteiger partial charge on any atom is 0.290 e. The van der Waals surface area contributed by atoms with Crippen LogP contribution < -0.4 is 10.2 Å². The Hall–Kier alpha value is -2.83. The van der Waals surface area contributed by atoms with E-state index in [4.69, 9.17) is 20.8 Å². The lowest BCUT2D eigenvalue weighted by Gasteiger charge is -2.28. The highest BCUT2D eigenvalue weighted by Gasteiger charge is 2.42. The topological polar surface area (TPSA) is 63.0 Å². The second kappa shape index (κ2) is 10.2. The van der Waals surface area contributed by atoms with Crippen LogP contribution in [0.4, 0.5) is 0 Å². The number of likely N-dealkylation sites (N-methyl/N-ethyl adjacent to an activating group) is 1. The van der Waals surface area contributed by atoms with E-state index in [2.05, 4.69) is 25.7 Å². The first-order valence-corrected chi connectivity index (χ1v) is 12.3. The first kappa shape index (κ1) is 24.3. The lowest BCUT2D eigenvalue weighted by molar-refractivity contribution is 0.0708. The normalized spacial score (nSPS) is 15.4. The van der Waals surface area contributed by atoms with Gasteiger partial charge in [-0.15, -0.1) is 0 Å². The highest BCUT2D eigenvalue weighted by atomic mass is 35.5. The number of amides is 1. The van der Waals surface area contributed by atoms with Crippen LogP contribution in [0.25, 0.3) is 11.0 Å². The van der Waals surface area contributed by atoms with Crippen molar-refractivity contribution in [3.05, 3.63) is 74.1 Å². The lowest BCUT2D eigenvalue weighted by Crippen LogP contribution is -2.37. The van der Waals surface area contributed by atoms with Crippen molar-refractivity contribution in [1.29, 1.82) is 0 Å². The van der Waals surface area contributed by atoms with Gasteiger partial charge in [-0.1, -0.05) is 44.5 Å². The van der Waals surface area contributed by atoms with Gasteiger partial charge in [0.05, 0.1) is 23.6 Å². The number of rotatable bonds is 9. The van der Waals surface area contributed by atoms with Gasteiger partial charge in [-0.25, -0.2) is 0 Å². The zero-order valence-electron chi connectivity index (χ0n) is 20.2. The van der Waals surface area contributed by atoms with Gasteiger partial charge in [0.2, 0.25) is 5.76 Å². The first-order valence-electron chi connectivity index (χ1n) is 11.9. The standard InChI is InChI=1S/C27H31ClN2O4/c1-5-14-33-19-10-8-18(9-11-19)24-23-25(31)20-16-21(28)17(4)15-22(20)34-26(23)27(32)30(24)13-12-29(6-2)7-3/h8-11,15-16,24H,5-7,12-14H2,1-4H3. The molecule has 7 heteroatoms. The summed E-state index contributed by atoms with van der Waals surface area (Å²) in [6, 6.07) is 10.5. The third-order valence-corrected chi connectivity index (χ3v) is 6.87. The molecule has 0 N–H and O–H groups in total. The van der Waals surface area contributed by atoms with Crippen molar-refractivity contribution in [2.45, 2.75) is 40.2 Å². The molecular weight excluding hydrogens is 452 g/mol. The number of hydrogen-bond donors (Lipinski definition) is 0. The van der Waals surface area contributed by atoms with E-state index in [9.17, 15) is 9.59 Å². The van der Waals surface area contributed by atoms with E-state index in [1.165, 1.54) is 0 Å². The van der Waals surface area contributed by atoms with Gasteiger partial charge >= 0.3 is 0 Å². The minimum atomic E-state index is -0.529. The molecule has 34 heavy (non-hydrogen) atoms. The van der Waals surface area contributed by atoms with E-state index in [1.807, 2.05) is 31.2 Å². The molecule has 1 amide bonds. The number of nitrogens with zero attached hydrogens (tertiary/aromatic N) is 2. The van der Waals surface area contributed by atoms with Crippen LogP contribution in [-0.4, -0.2) is 48.5 Å². The number of fused-ring (bicyclic) bond motifs is 2. The van der Waals surface area contributed by atoms with Gasteiger partial charge in [0.25, 0.3) is 5.91 Å². The quantitative estimate of drug-likeness (QED) is 0.407. The van der Waals surface area contributed by atoms with Crippen molar-refractivity contribution in [2.75, 3.05) is 32.8 Å². The van der Waals surface area contributed by atoms with Crippen molar-refractivity contribution in [2.24, 2.45) is 0 Å². The van der Waals surface area contributed by atoms with Crippen LogP contribution in [0, 0.1) is 6.92 Å². The average Bonchev–Trinajstić information content (AvgIpc) is 3.12. The van der Waals surface area contributed by atoms with E-state index >= 15 is 0 Å². The van der Waals surface area contributed by atoms with Crippen LogP contribution in [0.3, 0.4) is 0 Å². The Kier molecular flexibility index (Phi) is 7.29. The van der Waals surface area contributed by atoms with Crippen molar-refractivity contribution >= 4 is 28.5 Å². The average molecular weight is 483 g/mol. The third kappa shape index (κ3) is 4.44. The zero-order chi connectivity index (χ0) is 24.4. The zero-order valence-corrected chi connectivity index (χ0v) is 20.9. The minimum Gasteiger partial charge on any atom is -0.494 e.